The molecule has 1 aromatic carbocycles. The van der Waals surface area contributed by atoms with Crippen molar-refractivity contribution in [2.75, 3.05) is 33.2 Å². The Hall–Kier alpha value is -2.58. The summed E-state index contributed by atoms with van der Waals surface area (Å²) in [6.07, 6.45) is 4.98. The maximum absolute atomic E-state index is 13.4. The predicted octanol–water partition coefficient (Wildman–Crippen LogP) is 3.43. The summed E-state index contributed by atoms with van der Waals surface area (Å²) in [4.78, 5) is 50.4. The quantitative estimate of drug-likeness (QED) is 0.688. The molecule has 2 saturated heterocycles. The Morgan fingerprint density at radius 2 is 1.76 bits per heavy atom. The summed E-state index contributed by atoms with van der Waals surface area (Å²) in [5.74, 6) is -0.192. The fraction of sp³-hybridized carbons (Fsp3) is 0.500. The lowest BCUT2D eigenvalue weighted by molar-refractivity contribution is -0.141. The van der Waals surface area contributed by atoms with E-state index in [-0.39, 0.29) is 35.6 Å². The van der Waals surface area contributed by atoms with Crippen molar-refractivity contribution in [3.63, 3.8) is 0 Å². The molecule has 3 amide bonds. The van der Waals surface area contributed by atoms with Gasteiger partial charge in [-0.15, -0.1) is 0 Å². The number of halogens is 2. The maximum Gasteiger partial charge on any atom is 0.271 e. The molecule has 0 radical (unpaired) electrons. The first kappa shape index (κ1) is 24.5. The molecule has 2 aliphatic rings. The van der Waals surface area contributed by atoms with Crippen LogP contribution in [0.15, 0.2) is 30.7 Å². The Morgan fingerprint density at radius 1 is 1.06 bits per heavy atom. The minimum absolute atomic E-state index is 0.0522. The van der Waals surface area contributed by atoms with E-state index in [1.165, 1.54) is 12.5 Å². The van der Waals surface area contributed by atoms with Crippen LogP contribution in [-0.4, -0.2) is 81.7 Å². The predicted molar refractivity (Wildman–Crippen MR) is 130 cm³/mol. The van der Waals surface area contributed by atoms with Gasteiger partial charge in [-0.25, -0.2) is 4.98 Å². The molecular formula is C24H29Cl2N5O3. The van der Waals surface area contributed by atoms with Crippen LogP contribution >= 0.6 is 23.2 Å². The number of piperidine rings is 2. The Morgan fingerprint density at radius 3 is 2.38 bits per heavy atom. The number of nitrogens with one attached hydrogen (secondary N) is 1. The number of hydrogen-bond acceptors (Lipinski definition) is 4. The van der Waals surface area contributed by atoms with Crippen LogP contribution in [0.25, 0.3) is 0 Å². The summed E-state index contributed by atoms with van der Waals surface area (Å²) < 4.78 is 0. The number of hydrogen-bond donors (Lipinski definition) is 1. The SMILES string of the molecule is CC(=O)N1CCC(C(=O)N2CCC(N(C)C(=O)c3cnc[nH]3)C(c3ccc(Cl)c(Cl)c3)C2)CC1. The molecule has 2 aliphatic heterocycles. The maximum atomic E-state index is 13.4. The number of rotatable bonds is 4. The van der Waals surface area contributed by atoms with E-state index in [0.29, 0.717) is 61.2 Å². The van der Waals surface area contributed by atoms with Crippen LogP contribution in [0.1, 0.15) is 48.2 Å². The number of nitrogens with zero attached hydrogens (tertiary/aromatic N) is 4. The molecule has 2 atom stereocenters. The molecule has 2 unspecified atom stereocenters. The second-order valence-corrected chi connectivity index (χ2v) is 9.90. The highest BCUT2D eigenvalue weighted by Crippen LogP contribution is 2.35. The van der Waals surface area contributed by atoms with Gasteiger partial charge in [-0.3, -0.25) is 14.4 Å². The third kappa shape index (κ3) is 5.08. The molecule has 2 fully saturated rings. The number of likely N-dealkylation sites (N-methyl/N-ethyl adjacent to an activating group) is 1. The number of likely N-dealkylation sites (tertiary alicyclic amines) is 2. The second-order valence-electron chi connectivity index (χ2n) is 9.08. The van der Waals surface area contributed by atoms with Gasteiger partial charge in [0.1, 0.15) is 5.69 Å². The first-order valence-electron chi connectivity index (χ1n) is 11.5. The number of imidazole rings is 1. The fourth-order valence-electron chi connectivity index (χ4n) is 5.09. The molecule has 0 bridgehead atoms. The van der Waals surface area contributed by atoms with Crippen molar-refractivity contribution < 1.29 is 14.4 Å². The van der Waals surface area contributed by atoms with Gasteiger partial charge >= 0.3 is 0 Å². The zero-order valence-electron chi connectivity index (χ0n) is 19.3. The Kier molecular flexibility index (Phi) is 7.48. The lowest BCUT2D eigenvalue weighted by Gasteiger charge is -2.44. The van der Waals surface area contributed by atoms with Gasteiger partial charge in [-0.1, -0.05) is 29.3 Å². The fourth-order valence-corrected chi connectivity index (χ4v) is 5.39. The number of benzene rings is 1. The van der Waals surface area contributed by atoms with Crippen LogP contribution in [-0.2, 0) is 9.59 Å². The molecule has 34 heavy (non-hydrogen) atoms. The molecule has 182 valence electrons. The highest BCUT2D eigenvalue weighted by Gasteiger charge is 2.39. The average molecular weight is 506 g/mol. The van der Waals surface area contributed by atoms with E-state index >= 15 is 0 Å². The minimum atomic E-state index is -0.149. The van der Waals surface area contributed by atoms with Crippen molar-refractivity contribution in [1.29, 1.82) is 0 Å². The number of aromatic nitrogens is 2. The molecule has 0 aliphatic carbocycles. The van der Waals surface area contributed by atoms with Gasteiger partial charge in [0.25, 0.3) is 5.91 Å². The number of amides is 3. The smallest absolute Gasteiger partial charge is 0.271 e. The average Bonchev–Trinajstić information content (AvgIpc) is 3.39. The molecule has 0 saturated carbocycles. The van der Waals surface area contributed by atoms with Crippen molar-refractivity contribution in [3.05, 3.63) is 52.0 Å². The van der Waals surface area contributed by atoms with E-state index in [1.807, 2.05) is 17.0 Å². The zero-order valence-corrected chi connectivity index (χ0v) is 20.8. The van der Waals surface area contributed by atoms with Gasteiger partial charge in [0.2, 0.25) is 11.8 Å². The van der Waals surface area contributed by atoms with Gasteiger partial charge in [0.15, 0.2) is 0 Å². The first-order valence-corrected chi connectivity index (χ1v) is 12.3. The molecule has 4 rings (SSSR count). The van der Waals surface area contributed by atoms with Gasteiger partial charge in [-0.05, 0) is 37.0 Å². The number of aromatic amines is 1. The monoisotopic (exact) mass is 505 g/mol. The van der Waals surface area contributed by atoms with Gasteiger partial charge in [0.05, 0.1) is 22.6 Å². The number of carbonyl (C=O) groups is 3. The van der Waals surface area contributed by atoms with Crippen molar-refractivity contribution in [2.24, 2.45) is 5.92 Å². The van der Waals surface area contributed by atoms with Gasteiger partial charge in [-0.2, -0.15) is 0 Å². The molecular weight excluding hydrogens is 477 g/mol. The Bertz CT molecular complexity index is 1050. The van der Waals surface area contributed by atoms with Crippen molar-refractivity contribution in [3.8, 4) is 0 Å². The summed E-state index contributed by atoms with van der Waals surface area (Å²) in [6, 6.07) is 5.37. The molecule has 2 aromatic rings. The van der Waals surface area contributed by atoms with E-state index in [0.717, 1.165) is 5.56 Å². The number of H-pyrrole nitrogens is 1. The van der Waals surface area contributed by atoms with E-state index in [4.69, 9.17) is 23.2 Å². The van der Waals surface area contributed by atoms with E-state index in [1.54, 1.807) is 29.8 Å². The topological polar surface area (TPSA) is 89.6 Å². The number of carbonyl (C=O) groups excluding carboxylic acids is 3. The molecule has 3 heterocycles. The molecule has 0 spiro atoms. The third-order valence-corrected chi connectivity index (χ3v) is 7.83. The summed E-state index contributed by atoms with van der Waals surface area (Å²) in [5.41, 5.74) is 1.36. The minimum Gasteiger partial charge on any atom is -0.343 e. The lowest BCUT2D eigenvalue weighted by atomic mass is 9.84. The summed E-state index contributed by atoms with van der Waals surface area (Å²) in [6.45, 7) is 3.83. The third-order valence-electron chi connectivity index (χ3n) is 7.10. The lowest BCUT2D eigenvalue weighted by Crippen LogP contribution is -2.53. The van der Waals surface area contributed by atoms with Crippen LogP contribution in [0, 0.1) is 5.92 Å². The molecule has 1 N–H and O–H groups in total. The van der Waals surface area contributed by atoms with E-state index < -0.39 is 0 Å². The summed E-state index contributed by atoms with van der Waals surface area (Å²) in [5, 5.41) is 0.908. The van der Waals surface area contributed by atoms with E-state index in [2.05, 4.69) is 9.97 Å². The largest absolute Gasteiger partial charge is 0.343 e. The van der Waals surface area contributed by atoms with Crippen LogP contribution < -0.4 is 0 Å². The van der Waals surface area contributed by atoms with Crippen LogP contribution in [0.4, 0.5) is 0 Å². The van der Waals surface area contributed by atoms with Crippen molar-refractivity contribution >= 4 is 40.9 Å². The van der Waals surface area contributed by atoms with Gasteiger partial charge in [0, 0.05) is 58.0 Å². The Balaban J connectivity index is 1.54. The van der Waals surface area contributed by atoms with Crippen LogP contribution in [0.5, 0.6) is 0 Å². The van der Waals surface area contributed by atoms with Crippen LogP contribution in [0.3, 0.4) is 0 Å². The second kappa shape index (κ2) is 10.4. The highest BCUT2D eigenvalue weighted by atomic mass is 35.5. The normalized spacial score (nSPS) is 21.4. The standard InChI is InChI=1S/C24H29Cl2N5O3/c1-15(32)30-8-5-16(6-9-30)23(33)31-10-7-22(29(2)24(34)21-12-27-14-28-21)18(13-31)17-3-4-19(25)20(26)11-17/h3-4,11-12,14,16,18,22H,5-10,13H2,1-2H3,(H,27,28). The van der Waals surface area contributed by atoms with E-state index in [9.17, 15) is 14.4 Å². The van der Waals surface area contributed by atoms with Crippen molar-refractivity contribution in [1.82, 2.24) is 24.7 Å². The summed E-state index contributed by atoms with van der Waals surface area (Å²) in [7, 11) is 1.79. The van der Waals surface area contributed by atoms with Crippen LogP contribution in [0.2, 0.25) is 10.0 Å². The summed E-state index contributed by atoms with van der Waals surface area (Å²) >= 11 is 12.5. The Labute approximate surface area is 209 Å². The van der Waals surface area contributed by atoms with Crippen molar-refractivity contribution in [2.45, 2.75) is 38.1 Å². The zero-order chi connectivity index (χ0) is 24.4. The first-order chi connectivity index (χ1) is 16.3. The molecule has 1 aromatic heterocycles. The highest BCUT2D eigenvalue weighted by molar-refractivity contribution is 6.42. The molecule has 10 heteroatoms. The molecule has 8 nitrogen and oxygen atoms in total. The van der Waals surface area contributed by atoms with Gasteiger partial charge < -0.3 is 19.7 Å².